The van der Waals surface area contributed by atoms with E-state index in [4.69, 9.17) is 23.4 Å². The summed E-state index contributed by atoms with van der Waals surface area (Å²) in [5.74, 6) is 0.0535. The number of fused-ring (bicyclic) bond motifs is 2. The second-order valence-corrected chi connectivity index (χ2v) is 19.5. The maximum Gasteiger partial charge on any atom is 1.00 e. The Morgan fingerprint density at radius 3 is 2.12 bits per heavy atom. The first-order valence-corrected chi connectivity index (χ1v) is 24.2. The summed E-state index contributed by atoms with van der Waals surface area (Å²) in [7, 11) is -6.98. The smallest absolute Gasteiger partial charge is 0.481 e. The molecule has 1 aromatic rings. The molecule has 0 spiro atoms. The van der Waals surface area contributed by atoms with E-state index >= 15 is 0 Å². The number of aliphatic carboxylic acids is 1. The standard InChI is InChI=1S/C45H64N2O13S2.2Na/c1-7-46(21-12-30-61(50,51)52)34-16-18-37-38(44(2,3)4)32-35(60-41(37)31-34)13-11-14-42-45(5,20-23-57-26-27-59-29-28-58-25-24-56-6)39-33-36(62(53,54)55)17-19-40(39)47(42)22-10-8-9-15-43(48)49;;/h11,13-14,16-19,31-33H,7-10,12,15,20-30H2,1-6H3,(H2-,48,49,50,51,52,53,54,55);;/q;2*+1/p+1. The Bertz CT molecular complexity index is 2290. The van der Waals surface area contributed by atoms with Crippen molar-refractivity contribution in [1.82, 2.24) is 4.58 Å². The zero-order valence-corrected chi connectivity index (χ0v) is 44.6. The molecule has 0 fully saturated rings. The first-order chi connectivity index (χ1) is 29.3. The van der Waals surface area contributed by atoms with Gasteiger partial charge in [0.2, 0.25) is 5.36 Å². The van der Waals surface area contributed by atoms with Crippen molar-refractivity contribution in [2.24, 2.45) is 0 Å². The molecule has 3 N–H and O–H groups in total. The van der Waals surface area contributed by atoms with Crippen molar-refractivity contribution < 1.29 is 118 Å². The number of ether oxygens (including phenoxy) is 4. The summed E-state index contributed by atoms with van der Waals surface area (Å²) < 4.78 is 97.6. The Morgan fingerprint density at radius 2 is 1.53 bits per heavy atom. The molecule has 3 aliphatic rings. The molecule has 1 unspecified atom stereocenters. The van der Waals surface area contributed by atoms with E-state index in [0.29, 0.717) is 109 Å². The number of allylic oxidation sites excluding steroid dienone is 3. The number of benzene rings is 2. The molecule has 0 saturated carbocycles. The van der Waals surface area contributed by atoms with E-state index in [1.54, 1.807) is 13.2 Å². The van der Waals surface area contributed by atoms with Crippen LogP contribution in [0.2, 0.25) is 0 Å². The summed E-state index contributed by atoms with van der Waals surface area (Å²) in [6.45, 7) is 14.8. The summed E-state index contributed by atoms with van der Waals surface area (Å²) >= 11 is 0. The number of methoxy groups -OCH3 is 1. The van der Waals surface area contributed by atoms with Gasteiger partial charge in [-0.2, -0.15) is 16.8 Å². The number of rotatable bonds is 26. The number of nitrogens with zero attached hydrogens (tertiary/aromatic N) is 2. The van der Waals surface area contributed by atoms with Gasteiger partial charge in [-0.05, 0) is 92.1 Å². The minimum Gasteiger partial charge on any atom is -0.481 e. The van der Waals surface area contributed by atoms with Crippen LogP contribution in [0.15, 0.2) is 69.6 Å². The SMILES string of the molecule is CC[N+](CCCS(=O)(=O)O)=c1ccc2c(C(C)(C)C)cc(/C=C/C=C3/N(CCCCCC(=O)O)c4ccc(S(=O)(=O)O)cc4C3(C)CCOCCOCCOCCOC)oc-2c1.[Na+].[Na+]. The summed E-state index contributed by atoms with van der Waals surface area (Å²) in [6, 6.07) is 12.6. The van der Waals surface area contributed by atoms with Crippen LogP contribution in [0.3, 0.4) is 0 Å². The van der Waals surface area contributed by atoms with E-state index in [1.165, 1.54) is 12.1 Å². The molecule has 2 aliphatic heterocycles. The molecule has 1 aromatic carbocycles. The summed E-state index contributed by atoms with van der Waals surface area (Å²) in [5, 5.41) is 10.1. The first-order valence-electron chi connectivity index (χ1n) is 21.1. The molecule has 64 heavy (non-hydrogen) atoms. The summed E-state index contributed by atoms with van der Waals surface area (Å²) in [6.07, 6.45) is 8.42. The average Bonchev–Trinajstić information content (AvgIpc) is 3.42. The van der Waals surface area contributed by atoms with Gasteiger partial charge >= 0.3 is 65.1 Å². The van der Waals surface area contributed by atoms with E-state index in [2.05, 4.69) is 25.7 Å². The Hall–Kier alpha value is -1.94. The fourth-order valence-electron chi connectivity index (χ4n) is 7.61. The topological polar surface area (TPSA) is 202 Å². The third kappa shape index (κ3) is 17.6. The molecule has 0 radical (unpaired) electrons. The fourth-order valence-corrected chi connectivity index (χ4v) is 8.62. The quantitative estimate of drug-likeness (QED) is 0.0433. The van der Waals surface area contributed by atoms with Gasteiger partial charge in [-0.15, -0.1) is 0 Å². The van der Waals surface area contributed by atoms with Crippen LogP contribution in [0.4, 0.5) is 5.69 Å². The van der Waals surface area contributed by atoms with Crippen molar-refractivity contribution in [3.8, 4) is 11.3 Å². The van der Waals surface area contributed by atoms with Crippen LogP contribution in [-0.2, 0) is 54.8 Å². The van der Waals surface area contributed by atoms with E-state index in [1.807, 2.05) is 60.9 Å². The molecule has 344 valence electrons. The molecule has 19 heteroatoms. The van der Waals surface area contributed by atoms with Gasteiger partial charge < -0.3 is 33.4 Å². The number of anilines is 1. The van der Waals surface area contributed by atoms with Crippen LogP contribution in [0, 0.1) is 0 Å². The van der Waals surface area contributed by atoms with Crippen molar-refractivity contribution in [3.63, 3.8) is 0 Å². The molecule has 1 atom stereocenters. The van der Waals surface area contributed by atoms with Crippen LogP contribution in [0.5, 0.6) is 0 Å². The number of carboxylic acid groups (broad SMARTS) is 1. The second-order valence-electron chi connectivity index (χ2n) is 16.5. The maximum absolute atomic E-state index is 12.4. The number of carbonyl (C=O) groups is 1. The Balaban J connectivity index is 0.00000704. The monoisotopic (exact) mass is 951 g/mol. The minimum atomic E-state index is -4.52. The largest absolute Gasteiger partial charge is 1.00 e. The predicted molar refractivity (Wildman–Crippen MR) is 239 cm³/mol. The molecule has 1 aliphatic carbocycles. The van der Waals surface area contributed by atoms with Crippen molar-refractivity contribution in [2.45, 2.75) is 88.9 Å². The summed E-state index contributed by atoms with van der Waals surface area (Å²) in [4.78, 5) is 13.1. The number of hydrogen-bond donors (Lipinski definition) is 3. The van der Waals surface area contributed by atoms with Gasteiger partial charge in [-0.1, -0.05) is 33.3 Å². The van der Waals surface area contributed by atoms with Gasteiger partial charge in [-0.25, -0.2) is 4.58 Å². The van der Waals surface area contributed by atoms with Gasteiger partial charge in [0.1, 0.15) is 24.6 Å². The molecule has 4 rings (SSSR count). The first kappa shape index (κ1) is 58.2. The molecule has 0 saturated heterocycles. The van der Waals surface area contributed by atoms with Crippen LogP contribution >= 0.6 is 0 Å². The normalized spacial score (nSPS) is 16.6. The molecular formula is C45H65N2Na2O13S2+3. The van der Waals surface area contributed by atoms with Gasteiger partial charge in [0.05, 0.1) is 56.4 Å². The molecule has 0 bridgehead atoms. The number of hydrogen-bond acceptors (Lipinski definition) is 11. The molecule has 2 heterocycles. The number of carboxylic acids is 1. The van der Waals surface area contributed by atoms with Gasteiger partial charge in [-0.3, -0.25) is 13.9 Å². The molecule has 0 amide bonds. The van der Waals surface area contributed by atoms with E-state index in [9.17, 15) is 35.8 Å². The molecule has 0 aromatic heterocycles. The fraction of sp³-hybridized carbons (Fsp3) is 0.556. The van der Waals surface area contributed by atoms with Crippen molar-refractivity contribution >= 4 is 38.0 Å². The molecular weight excluding hydrogens is 887 g/mol. The van der Waals surface area contributed by atoms with E-state index < -0.39 is 31.6 Å². The van der Waals surface area contributed by atoms with Gasteiger partial charge in [0.25, 0.3) is 20.2 Å². The van der Waals surface area contributed by atoms with Crippen LogP contribution in [-0.4, -0.2) is 116 Å². The number of unbranched alkanes of at least 4 members (excludes halogenated alkanes) is 2. The Labute approximate surface area is 423 Å². The predicted octanol–water partition coefficient (Wildman–Crippen LogP) is 0.413. The van der Waals surface area contributed by atoms with Crippen LogP contribution in [0.25, 0.3) is 17.4 Å². The molecule has 15 nitrogen and oxygen atoms in total. The van der Waals surface area contributed by atoms with Gasteiger partial charge in [0.15, 0.2) is 0 Å². The van der Waals surface area contributed by atoms with Crippen molar-refractivity contribution in [3.05, 3.63) is 82.6 Å². The van der Waals surface area contributed by atoms with Crippen LogP contribution in [0.1, 0.15) is 90.0 Å². The summed E-state index contributed by atoms with van der Waals surface area (Å²) in [5.41, 5.74) is 3.33. The third-order valence-corrected chi connectivity index (χ3v) is 12.5. The van der Waals surface area contributed by atoms with E-state index in [0.717, 1.165) is 27.9 Å². The zero-order valence-electron chi connectivity index (χ0n) is 38.9. The second kappa shape index (κ2) is 27.2. The van der Waals surface area contributed by atoms with Crippen LogP contribution < -0.4 is 73.9 Å². The zero-order chi connectivity index (χ0) is 45.6. The van der Waals surface area contributed by atoms with E-state index in [-0.39, 0.29) is 88.0 Å². The minimum absolute atomic E-state index is 0. The van der Waals surface area contributed by atoms with Gasteiger partial charge in [0, 0.05) is 61.5 Å². The Morgan fingerprint density at radius 1 is 0.875 bits per heavy atom. The van der Waals surface area contributed by atoms with Crippen molar-refractivity contribution in [2.75, 3.05) is 83.6 Å². The Kier molecular flexibility index (Phi) is 24.7. The maximum atomic E-state index is 12.4. The van der Waals surface area contributed by atoms with Crippen molar-refractivity contribution in [1.29, 1.82) is 0 Å². The average molecular weight is 952 g/mol. The third-order valence-electron chi connectivity index (χ3n) is 10.9.